The molecule has 25 heavy (non-hydrogen) atoms. The van der Waals surface area contributed by atoms with E-state index in [1.54, 1.807) is 18.2 Å². The molecule has 0 aliphatic carbocycles. The summed E-state index contributed by atoms with van der Waals surface area (Å²) < 4.78 is 13.6. The van der Waals surface area contributed by atoms with Gasteiger partial charge in [-0.3, -0.25) is 0 Å². The molecule has 0 unspecified atom stereocenters. The second kappa shape index (κ2) is 8.12. The van der Waals surface area contributed by atoms with Crippen LogP contribution in [0.2, 0.25) is 0 Å². The van der Waals surface area contributed by atoms with E-state index < -0.39 is 0 Å². The van der Waals surface area contributed by atoms with Crippen LogP contribution in [-0.4, -0.2) is 5.11 Å². The van der Waals surface area contributed by atoms with Crippen molar-refractivity contribution in [2.24, 2.45) is 10.2 Å². The van der Waals surface area contributed by atoms with Crippen LogP contribution in [0.4, 0.5) is 27.1 Å². The fourth-order valence-corrected chi connectivity index (χ4v) is 2.30. The van der Waals surface area contributed by atoms with Crippen molar-refractivity contribution in [1.29, 1.82) is 0 Å². The van der Waals surface area contributed by atoms with E-state index in [9.17, 15) is 4.39 Å². The van der Waals surface area contributed by atoms with Crippen molar-refractivity contribution in [3.63, 3.8) is 0 Å². The first-order valence-corrected chi connectivity index (χ1v) is 8.01. The predicted octanol–water partition coefficient (Wildman–Crippen LogP) is 6.05. The average molecular weight is 350 g/mol. The van der Waals surface area contributed by atoms with Crippen LogP contribution in [0.15, 0.2) is 89.1 Å². The van der Waals surface area contributed by atoms with Gasteiger partial charge in [0.1, 0.15) is 5.82 Å². The van der Waals surface area contributed by atoms with Gasteiger partial charge >= 0.3 is 0 Å². The number of nitrogens with one attached hydrogen (secondary N) is 2. The molecule has 0 atom stereocenters. The lowest BCUT2D eigenvalue weighted by Crippen LogP contribution is -2.19. The maximum absolute atomic E-state index is 13.6. The van der Waals surface area contributed by atoms with Gasteiger partial charge in [0.2, 0.25) is 0 Å². The van der Waals surface area contributed by atoms with E-state index in [1.165, 1.54) is 6.07 Å². The second-order valence-electron chi connectivity index (χ2n) is 5.14. The van der Waals surface area contributed by atoms with Crippen molar-refractivity contribution in [2.45, 2.75) is 0 Å². The van der Waals surface area contributed by atoms with Gasteiger partial charge < -0.3 is 10.6 Å². The minimum atomic E-state index is -0.358. The Morgan fingerprint density at radius 1 is 0.720 bits per heavy atom. The largest absolute Gasteiger partial charge is 0.332 e. The zero-order valence-electron chi connectivity index (χ0n) is 13.2. The zero-order chi connectivity index (χ0) is 17.5. The number of anilines is 2. The first-order valence-electron chi connectivity index (χ1n) is 7.60. The van der Waals surface area contributed by atoms with Gasteiger partial charge in [-0.1, -0.05) is 30.3 Å². The highest BCUT2D eigenvalue weighted by molar-refractivity contribution is 7.80. The standard InChI is InChI=1S/C19H15FN4S/c20-17-8-4-5-9-18(17)22-19(25)21-14-10-12-16(13-11-14)24-23-15-6-2-1-3-7-15/h1-13H,(H2,21,22,25). The number of thiocarbonyl (C=S) groups is 1. The lowest BCUT2D eigenvalue weighted by Gasteiger charge is -2.11. The van der Waals surface area contributed by atoms with Crippen molar-refractivity contribution in [1.82, 2.24) is 0 Å². The number of azo groups is 1. The third-order valence-corrected chi connectivity index (χ3v) is 3.49. The van der Waals surface area contributed by atoms with Crippen molar-refractivity contribution in [2.75, 3.05) is 10.6 Å². The van der Waals surface area contributed by atoms with Gasteiger partial charge in [-0.25, -0.2) is 4.39 Å². The van der Waals surface area contributed by atoms with E-state index in [1.807, 2.05) is 54.6 Å². The Balaban J connectivity index is 1.60. The number of rotatable bonds is 4. The summed E-state index contributed by atoms with van der Waals surface area (Å²) in [6, 6.07) is 23.2. The van der Waals surface area contributed by atoms with Gasteiger partial charge in [-0.05, 0) is 60.7 Å². The van der Waals surface area contributed by atoms with Crippen LogP contribution >= 0.6 is 12.2 Å². The number of nitrogens with zero attached hydrogens (tertiary/aromatic N) is 2. The highest BCUT2D eigenvalue weighted by Gasteiger charge is 2.03. The summed E-state index contributed by atoms with van der Waals surface area (Å²) in [7, 11) is 0. The van der Waals surface area contributed by atoms with E-state index in [0.29, 0.717) is 10.8 Å². The highest BCUT2D eigenvalue weighted by atomic mass is 32.1. The summed E-state index contributed by atoms with van der Waals surface area (Å²) in [5, 5.41) is 14.5. The maximum atomic E-state index is 13.6. The topological polar surface area (TPSA) is 48.8 Å². The van der Waals surface area contributed by atoms with Crippen LogP contribution in [0.3, 0.4) is 0 Å². The Morgan fingerprint density at radius 2 is 1.32 bits per heavy atom. The molecule has 0 saturated heterocycles. The fourth-order valence-electron chi connectivity index (χ4n) is 2.07. The van der Waals surface area contributed by atoms with Gasteiger partial charge in [0, 0.05) is 5.69 Å². The molecule has 0 spiro atoms. The summed E-state index contributed by atoms with van der Waals surface area (Å²) in [4.78, 5) is 0. The maximum Gasteiger partial charge on any atom is 0.175 e. The Morgan fingerprint density at radius 3 is 2.00 bits per heavy atom. The van der Waals surface area contributed by atoms with E-state index >= 15 is 0 Å². The number of hydrogen-bond donors (Lipinski definition) is 2. The summed E-state index contributed by atoms with van der Waals surface area (Å²) in [5.74, 6) is -0.358. The molecule has 0 aliphatic rings. The molecular weight excluding hydrogens is 335 g/mol. The SMILES string of the molecule is Fc1ccccc1NC(=S)Nc1ccc(N=Nc2ccccc2)cc1. The molecule has 3 aromatic carbocycles. The van der Waals surface area contributed by atoms with Crippen molar-refractivity contribution in [3.05, 3.63) is 84.7 Å². The predicted molar refractivity (Wildman–Crippen MR) is 103 cm³/mol. The van der Waals surface area contributed by atoms with Gasteiger partial charge in [0.25, 0.3) is 0 Å². The van der Waals surface area contributed by atoms with E-state index in [0.717, 1.165) is 17.1 Å². The molecule has 124 valence electrons. The lowest BCUT2D eigenvalue weighted by atomic mass is 10.3. The average Bonchev–Trinajstić information content (AvgIpc) is 2.64. The Kier molecular flexibility index (Phi) is 5.43. The van der Waals surface area contributed by atoms with Crippen molar-refractivity contribution >= 4 is 40.1 Å². The molecule has 0 aliphatic heterocycles. The molecule has 0 amide bonds. The number of para-hydroxylation sites is 1. The second-order valence-corrected chi connectivity index (χ2v) is 5.55. The van der Waals surface area contributed by atoms with E-state index in [4.69, 9.17) is 12.2 Å². The summed E-state index contributed by atoms with van der Waals surface area (Å²) in [6.45, 7) is 0. The Hall–Kier alpha value is -3.12. The van der Waals surface area contributed by atoms with Crippen LogP contribution in [0.25, 0.3) is 0 Å². The smallest absolute Gasteiger partial charge is 0.175 e. The molecule has 0 saturated carbocycles. The van der Waals surface area contributed by atoms with Crippen LogP contribution in [0, 0.1) is 5.82 Å². The molecule has 0 heterocycles. The van der Waals surface area contributed by atoms with E-state index in [-0.39, 0.29) is 5.82 Å². The summed E-state index contributed by atoms with van der Waals surface area (Å²) in [6.07, 6.45) is 0. The minimum absolute atomic E-state index is 0.309. The molecule has 0 bridgehead atoms. The summed E-state index contributed by atoms with van der Waals surface area (Å²) >= 11 is 5.19. The first kappa shape index (κ1) is 16.7. The van der Waals surface area contributed by atoms with Gasteiger partial charge in [0.15, 0.2) is 5.11 Å². The molecule has 0 aromatic heterocycles. The van der Waals surface area contributed by atoms with Crippen LogP contribution in [0.1, 0.15) is 0 Å². The van der Waals surface area contributed by atoms with Crippen molar-refractivity contribution in [3.8, 4) is 0 Å². The monoisotopic (exact) mass is 350 g/mol. The fraction of sp³-hybridized carbons (Fsp3) is 0. The Labute approximate surface area is 150 Å². The number of benzene rings is 3. The van der Waals surface area contributed by atoms with Crippen LogP contribution in [-0.2, 0) is 0 Å². The first-order chi connectivity index (χ1) is 12.2. The molecule has 3 aromatic rings. The Bertz CT molecular complexity index is 879. The molecule has 4 nitrogen and oxygen atoms in total. The van der Waals surface area contributed by atoms with Crippen LogP contribution < -0.4 is 10.6 Å². The molecule has 0 radical (unpaired) electrons. The number of halogens is 1. The lowest BCUT2D eigenvalue weighted by molar-refractivity contribution is 0.632. The third kappa shape index (κ3) is 4.92. The molecule has 3 rings (SSSR count). The van der Waals surface area contributed by atoms with E-state index in [2.05, 4.69) is 20.9 Å². The normalized spacial score (nSPS) is 10.6. The quantitative estimate of drug-likeness (QED) is 0.445. The number of hydrogen-bond acceptors (Lipinski definition) is 3. The highest BCUT2D eigenvalue weighted by Crippen LogP contribution is 2.20. The molecular formula is C19H15FN4S. The molecule has 0 fully saturated rings. The van der Waals surface area contributed by atoms with Gasteiger partial charge in [-0.2, -0.15) is 10.2 Å². The van der Waals surface area contributed by atoms with Crippen LogP contribution in [0.5, 0.6) is 0 Å². The summed E-state index contributed by atoms with van der Waals surface area (Å²) in [5.41, 5.74) is 2.61. The minimum Gasteiger partial charge on any atom is -0.332 e. The molecule has 6 heteroatoms. The third-order valence-electron chi connectivity index (χ3n) is 3.28. The van der Waals surface area contributed by atoms with Gasteiger partial charge in [-0.15, -0.1) is 0 Å². The molecule has 2 N–H and O–H groups in total. The van der Waals surface area contributed by atoms with Gasteiger partial charge in [0.05, 0.1) is 17.1 Å². The zero-order valence-corrected chi connectivity index (χ0v) is 14.0. The van der Waals surface area contributed by atoms with Crippen molar-refractivity contribution < 1.29 is 4.39 Å².